The van der Waals surface area contributed by atoms with E-state index in [0.717, 1.165) is 13.1 Å². The molecule has 0 aromatic carbocycles. The summed E-state index contributed by atoms with van der Waals surface area (Å²) in [6.07, 6.45) is -0.0533. The zero-order valence-corrected chi connectivity index (χ0v) is 11.0. The largest absolute Gasteiger partial charge is 0.480 e. The average molecular weight is 259 g/mol. The van der Waals surface area contributed by atoms with Gasteiger partial charge in [0.25, 0.3) is 0 Å². The number of morpholine rings is 1. The summed E-state index contributed by atoms with van der Waals surface area (Å²) in [4.78, 5) is 24.5. The van der Waals surface area contributed by atoms with Crippen molar-refractivity contribution in [2.45, 2.75) is 25.5 Å². The summed E-state index contributed by atoms with van der Waals surface area (Å²) < 4.78 is 5.48. The van der Waals surface area contributed by atoms with Crippen molar-refractivity contribution in [1.82, 2.24) is 15.5 Å². The molecule has 18 heavy (non-hydrogen) atoms. The molecule has 0 aliphatic carbocycles. The predicted molar refractivity (Wildman–Crippen MR) is 65.5 cm³/mol. The third kappa shape index (κ3) is 4.50. The average Bonchev–Trinajstić information content (AvgIpc) is 2.25. The molecule has 1 aliphatic heterocycles. The summed E-state index contributed by atoms with van der Waals surface area (Å²) in [5.74, 6) is -1.08. The zero-order valence-electron chi connectivity index (χ0n) is 11.0. The Morgan fingerprint density at radius 1 is 1.50 bits per heavy atom. The lowest BCUT2D eigenvalue weighted by Gasteiger charge is -2.30. The van der Waals surface area contributed by atoms with E-state index >= 15 is 0 Å². The second-order valence-electron chi connectivity index (χ2n) is 5.02. The molecule has 1 unspecified atom stereocenters. The summed E-state index contributed by atoms with van der Waals surface area (Å²) in [6.45, 7) is 5.51. The van der Waals surface area contributed by atoms with Crippen LogP contribution in [0.2, 0.25) is 0 Å². The number of likely N-dealkylation sites (N-methyl/N-ethyl adjacent to an activating group) is 1. The molecule has 7 heteroatoms. The molecule has 0 bridgehead atoms. The molecule has 104 valence electrons. The van der Waals surface area contributed by atoms with Crippen LogP contribution in [-0.2, 0) is 9.53 Å². The highest BCUT2D eigenvalue weighted by Crippen LogP contribution is 2.03. The molecule has 1 rings (SSSR count). The quantitative estimate of drug-likeness (QED) is 0.632. The molecular formula is C11H21N3O4. The van der Waals surface area contributed by atoms with Gasteiger partial charge in [0.1, 0.15) is 5.54 Å². The monoisotopic (exact) mass is 259 g/mol. The lowest BCUT2D eigenvalue weighted by Crippen LogP contribution is -2.55. The minimum atomic E-state index is -1.28. The Morgan fingerprint density at radius 3 is 2.72 bits per heavy atom. The second-order valence-corrected chi connectivity index (χ2v) is 5.02. The molecule has 0 radical (unpaired) electrons. The number of amides is 2. The van der Waals surface area contributed by atoms with E-state index < -0.39 is 17.5 Å². The first-order valence-corrected chi connectivity index (χ1v) is 5.91. The Hall–Kier alpha value is -1.34. The van der Waals surface area contributed by atoms with E-state index in [1.165, 1.54) is 13.8 Å². The number of nitrogens with one attached hydrogen (secondary N) is 2. The van der Waals surface area contributed by atoms with Gasteiger partial charge in [-0.15, -0.1) is 0 Å². The molecular weight excluding hydrogens is 238 g/mol. The number of ether oxygens (including phenoxy) is 1. The van der Waals surface area contributed by atoms with Crippen molar-refractivity contribution in [1.29, 1.82) is 0 Å². The maximum absolute atomic E-state index is 11.5. The first kappa shape index (κ1) is 14.7. The summed E-state index contributed by atoms with van der Waals surface area (Å²) in [6, 6.07) is -0.501. The Bertz CT molecular complexity index is 319. The van der Waals surface area contributed by atoms with Gasteiger partial charge < -0.3 is 25.4 Å². The molecule has 1 saturated heterocycles. The number of urea groups is 1. The van der Waals surface area contributed by atoms with Crippen LogP contribution in [0.5, 0.6) is 0 Å². The van der Waals surface area contributed by atoms with Crippen molar-refractivity contribution in [3.8, 4) is 0 Å². The van der Waals surface area contributed by atoms with Crippen LogP contribution in [0.3, 0.4) is 0 Å². The number of carboxylic acid groups (broad SMARTS) is 1. The summed E-state index contributed by atoms with van der Waals surface area (Å²) in [5.41, 5.74) is -1.28. The third-order valence-electron chi connectivity index (χ3n) is 2.79. The van der Waals surface area contributed by atoms with Crippen molar-refractivity contribution in [2.75, 3.05) is 33.3 Å². The molecule has 0 aromatic heterocycles. The SMILES string of the molecule is CN1CCOC(CNC(=O)NC(C)(C)C(=O)O)C1. The van der Waals surface area contributed by atoms with Gasteiger partial charge in [-0.1, -0.05) is 0 Å². The fraction of sp³-hybridized carbons (Fsp3) is 0.818. The molecule has 1 heterocycles. The van der Waals surface area contributed by atoms with Crippen LogP contribution >= 0.6 is 0 Å². The van der Waals surface area contributed by atoms with Gasteiger partial charge in [0.2, 0.25) is 0 Å². The minimum Gasteiger partial charge on any atom is -0.480 e. The Balaban J connectivity index is 2.31. The van der Waals surface area contributed by atoms with E-state index in [0.29, 0.717) is 13.2 Å². The number of carbonyl (C=O) groups is 2. The van der Waals surface area contributed by atoms with Crippen LogP contribution in [0, 0.1) is 0 Å². The van der Waals surface area contributed by atoms with Crippen molar-refractivity contribution < 1.29 is 19.4 Å². The number of rotatable bonds is 4. The molecule has 3 N–H and O–H groups in total. The summed E-state index contributed by atoms with van der Waals surface area (Å²) in [5, 5.41) is 13.9. The first-order chi connectivity index (χ1) is 8.31. The molecule has 0 aromatic rings. The Morgan fingerprint density at radius 2 is 2.17 bits per heavy atom. The van der Waals surface area contributed by atoms with Crippen LogP contribution < -0.4 is 10.6 Å². The fourth-order valence-corrected chi connectivity index (χ4v) is 1.58. The standard InChI is InChI=1S/C11H21N3O4/c1-11(2,9(15)16)13-10(17)12-6-8-7-14(3)4-5-18-8/h8H,4-7H2,1-3H3,(H,15,16)(H2,12,13,17). The molecule has 1 aliphatic rings. The van der Waals surface area contributed by atoms with Gasteiger partial charge in [-0.05, 0) is 20.9 Å². The molecule has 2 amide bonds. The van der Waals surface area contributed by atoms with Crippen LogP contribution in [0.25, 0.3) is 0 Å². The normalized spacial score (nSPS) is 21.4. The number of hydrogen-bond acceptors (Lipinski definition) is 4. The summed E-state index contributed by atoms with van der Waals surface area (Å²) in [7, 11) is 1.99. The van der Waals surface area contributed by atoms with Crippen LogP contribution in [0.4, 0.5) is 4.79 Å². The van der Waals surface area contributed by atoms with E-state index in [9.17, 15) is 9.59 Å². The fourth-order valence-electron chi connectivity index (χ4n) is 1.58. The van der Waals surface area contributed by atoms with Crippen LogP contribution in [0.15, 0.2) is 0 Å². The summed E-state index contributed by atoms with van der Waals surface area (Å²) >= 11 is 0. The van der Waals surface area contributed by atoms with Gasteiger partial charge in [-0.3, -0.25) is 0 Å². The van der Waals surface area contributed by atoms with Gasteiger partial charge >= 0.3 is 12.0 Å². The molecule has 0 spiro atoms. The number of nitrogens with zero attached hydrogens (tertiary/aromatic N) is 1. The first-order valence-electron chi connectivity index (χ1n) is 5.91. The molecule has 1 fully saturated rings. The molecule has 0 saturated carbocycles. The Labute approximate surface area is 106 Å². The van der Waals surface area contributed by atoms with Crippen LogP contribution in [-0.4, -0.2) is 66.9 Å². The van der Waals surface area contributed by atoms with Crippen molar-refractivity contribution in [3.63, 3.8) is 0 Å². The van der Waals surface area contributed by atoms with E-state index in [4.69, 9.17) is 9.84 Å². The number of aliphatic carboxylic acids is 1. The number of carbonyl (C=O) groups excluding carboxylic acids is 1. The highest BCUT2D eigenvalue weighted by Gasteiger charge is 2.29. The van der Waals surface area contributed by atoms with Crippen molar-refractivity contribution in [3.05, 3.63) is 0 Å². The maximum Gasteiger partial charge on any atom is 0.328 e. The number of carboxylic acids is 1. The predicted octanol–water partition coefficient (Wildman–Crippen LogP) is -0.521. The maximum atomic E-state index is 11.5. The third-order valence-corrected chi connectivity index (χ3v) is 2.79. The topological polar surface area (TPSA) is 90.9 Å². The van der Waals surface area contributed by atoms with E-state index in [1.807, 2.05) is 7.05 Å². The van der Waals surface area contributed by atoms with Crippen LogP contribution in [0.1, 0.15) is 13.8 Å². The van der Waals surface area contributed by atoms with Gasteiger partial charge in [0, 0.05) is 19.6 Å². The lowest BCUT2D eigenvalue weighted by atomic mass is 10.1. The van der Waals surface area contributed by atoms with Crippen molar-refractivity contribution in [2.24, 2.45) is 0 Å². The van der Waals surface area contributed by atoms with Crippen molar-refractivity contribution >= 4 is 12.0 Å². The highest BCUT2D eigenvalue weighted by atomic mass is 16.5. The molecule has 7 nitrogen and oxygen atoms in total. The Kier molecular flexibility index (Phi) is 4.92. The van der Waals surface area contributed by atoms with Gasteiger partial charge in [0.15, 0.2) is 0 Å². The highest BCUT2D eigenvalue weighted by molar-refractivity contribution is 5.85. The van der Waals surface area contributed by atoms with Gasteiger partial charge in [0.05, 0.1) is 12.7 Å². The lowest BCUT2D eigenvalue weighted by molar-refractivity contribution is -0.142. The van der Waals surface area contributed by atoms with Gasteiger partial charge in [-0.2, -0.15) is 0 Å². The second kappa shape index (κ2) is 6.01. The molecule has 1 atom stereocenters. The number of hydrogen-bond donors (Lipinski definition) is 3. The zero-order chi connectivity index (χ0) is 13.8. The van der Waals surface area contributed by atoms with E-state index in [2.05, 4.69) is 15.5 Å². The van der Waals surface area contributed by atoms with E-state index in [1.54, 1.807) is 0 Å². The van der Waals surface area contributed by atoms with Gasteiger partial charge in [-0.25, -0.2) is 9.59 Å². The smallest absolute Gasteiger partial charge is 0.328 e. The van der Waals surface area contributed by atoms with E-state index in [-0.39, 0.29) is 6.10 Å². The minimum absolute atomic E-state index is 0.0533.